The Kier molecular flexibility index (Phi) is 2.77. The number of benzene rings is 2. The highest BCUT2D eigenvalue weighted by Crippen LogP contribution is 2.32. The number of hydrogen-bond donors (Lipinski definition) is 3. The molecule has 2 heterocycles. The molecule has 4 aromatic rings. The molecule has 0 saturated heterocycles. The highest BCUT2D eigenvalue weighted by Gasteiger charge is 2.15. The van der Waals surface area contributed by atoms with Gasteiger partial charge in [-0.05, 0) is 29.1 Å². The van der Waals surface area contributed by atoms with Crippen molar-refractivity contribution in [3.63, 3.8) is 0 Å². The number of rotatable bonds is 2. The van der Waals surface area contributed by atoms with Gasteiger partial charge < -0.3 is 16.5 Å². The number of primary amides is 1. The molecule has 2 aromatic heterocycles. The highest BCUT2D eigenvalue weighted by atomic mass is 16.1. The van der Waals surface area contributed by atoms with E-state index in [9.17, 15) is 4.79 Å². The maximum absolute atomic E-state index is 11.4. The quantitative estimate of drug-likeness (QED) is 0.528. The third-order valence-electron chi connectivity index (χ3n) is 3.93. The van der Waals surface area contributed by atoms with Crippen LogP contribution in [-0.4, -0.2) is 21.1 Å². The Labute approximate surface area is 131 Å². The molecule has 23 heavy (non-hydrogen) atoms. The first-order valence-electron chi connectivity index (χ1n) is 7.07. The fourth-order valence-electron chi connectivity index (χ4n) is 2.79. The van der Waals surface area contributed by atoms with Crippen molar-refractivity contribution < 1.29 is 4.79 Å². The number of amides is 1. The van der Waals surface area contributed by atoms with Gasteiger partial charge in [-0.1, -0.05) is 24.3 Å². The predicted octanol–water partition coefficient (Wildman–Crippen LogP) is 2.46. The summed E-state index contributed by atoms with van der Waals surface area (Å²) in [7, 11) is 0. The predicted molar refractivity (Wildman–Crippen MR) is 89.8 cm³/mol. The molecule has 0 spiro atoms. The number of carbonyl (C=O) groups is 1. The zero-order valence-corrected chi connectivity index (χ0v) is 12.1. The van der Waals surface area contributed by atoms with E-state index in [4.69, 9.17) is 11.5 Å². The third kappa shape index (κ3) is 2.00. The van der Waals surface area contributed by atoms with Gasteiger partial charge >= 0.3 is 0 Å². The number of nitrogens with two attached hydrogens (primary N) is 2. The number of carbonyl (C=O) groups excluding carboxylic acids is 1. The molecule has 112 valence electrons. The molecule has 2 aromatic carbocycles. The van der Waals surface area contributed by atoms with Crippen LogP contribution in [0.3, 0.4) is 0 Å². The average Bonchev–Trinajstić information content (AvgIpc) is 3.02. The van der Waals surface area contributed by atoms with Crippen molar-refractivity contribution in [3.8, 4) is 11.1 Å². The van der Waals surface area contributed by atoms with Crippen LogP contribution in [0.25, 0.3) is 32.9 Å². The maximum Gasteiger partial charge on any atom is 0.271 e. The molecule has 0 fully saturated rings. The molecule has 5 N–H and O–H groups in total. The lowest BCUT2D eigenvalue weighted by atomic mass is 10.00. The largest absolute Gasteiger partial charge is 0.396 e. The van der Waals surface area contributed by atoms with E-state index in [1.165, 1.54) is 0 Å². The molecule has 4 rings (SSSR count). The lowest BCUT2D eigenvalue weighted by Crippen LogP contribution is -2.16. The zero-order valence-electron chi connectivity index (χ0n) is 12.1. The molecule has 6 heteroatoms. The number of nitrogens with zero attached hydrogens (tertiary/aromatic N) is 2. The summed E-state index contributed by atoms with van der Waals surface area (Å²) in [6.45, 7) is 0. The minimum absolute atomic E-state index is 0.00395. The van der Waals surface area contributed by atoms with Gasteiger partial charge in [0, 0.05) is 22.7 Å². The summed E-state index contributed by atoms with van der Waals surface area (Å²) in [6, 6.07) is 13.7. The molecule has 0 saturated carbocycles. The lowest BCUT2D eigenvalue weighted by molar-refractivity contribution is 0.0996. The zero-order chi connectivity index (χ0) is 16.0. The van der Waals surface area contributed by atoms with Crippen LogP contribution in [0.4, 0.5) is 5.69 Å². The number of hydrogen-bond acceptors (Lipinski definition) is 4. The Bertz CT molecular complexity index is 1070. The van der Waals surface area contributed by atoms with Gasteiger partial charge in [0.2, 0.25) is 0 Å². The summed E-state index contributed by atoms with van der Waals surface area (Å²) in [5, 5.41) is 9.83. The van der Waals surface area contributed by atoms with Crippen molar-refractivity contribution >= 4 is 33.4 Å². The van der Waals surface area contributed by atoms with E-state index in [0.29, 0.717) is 10.9 Å². The van der Waals surface area contributed by atoms with E-state index in [-0.39, 0.29) is 11.4 Å². The summed E-state index contributed by atoms with van der Waals surface area (Å²) in [6.07, 6.45) is 1.90. The Hall–Kier alpha value is -3.41. The molecule has 1 amide bonds. The molecule has 0 aliphatic heterocycles. The van der Waals surface area contributed by atoms with E-state index >= 15 is 0 Å². The lowest BCUT2D eigenvalue weighted by Gasteiger charge is -2.09. The van der Waals surface area contributed by atoms with Gasteiger partial charge in [-0.3, -0.25) is 4.79 Å². The molecule has 6 nitrogen and oxygen atoms in total. The second-order valence-electron chi connectivity index (χ2n) is 5.31. The normalized spacial score (nSPS) is 11.1. The van der Waals surface area contributed by atoms with E-state index in [0.717, 1.165) is 22.0 Å². The van der Waals surface area contributed by atoms with Crippen molar-refractivity contribution in [2.45, 2.75) is 0 Å². The van der Waals surface area contributed by atoms with Crippen molar-refractivity contribution in [1.82, 2.24) is 15.2 Å². The minimum atomic E-state index is -0.684. The Morgan fingerprint density at radius 3 is 2.78 bits per heavy atom. The van der Waals surface area contributed by atoms with E-state index in [1.807, 2.05) is 42.6 Å². The van der Waals surface area contributed by atoms with Crippen LogP contribution in [-0.2, 0) is 0 Å². The SMILES string of the molecule is NC(=O)c1nnc2c(-c3ccc4[nH]ccc4c3)cccc2c1N. The Balaban J connectivity index is 2.00. The summed E-state index contributed by atoms with van der Waals surface area (Å²) in [4.78, 5) is 14.5. The molecule has 0 aliphatic rings. The standard InChI is InChI=1S/C17H13N5O/c18-14-12-3-1-2-11(15(12)21-22-16(14)17(19)23)9-4-5-13-10(8-9)6-7-20-13/h1-8,20H,(H2,18,21)(H2,19,23). The molecule has 0 radical (unpaired) electrons. The maximum atomic E-state index is 11.4. The van der Waals surface area contributed by atoms with Crippen LogP contribution in [0.2, 0.25) is 0 Å². The number of anilines is 1. The van der Waals surface area contributed by atoms with Gasteiger partial charge in [0.15, 0.2) is 5.69 Å². The number of H-pyrrole nitrogens is 1. The second kappa shape index (κ2) is 4.81. The number of nitrogens with one attached hydrogen (secondary N) is 1. The summed E-state index contributed by atoms with van der Waals surface area (Å²) < 4.78 is 0. The number of nitrogen functional groups attached to an aromatic ring is 1. The van der Waals surface area contributed by atoms with Crippen LogP contribution in [0, 0.1) is 0 Å². The van der Waals surface area contributed by atoms with E-state index in [1.54, 1.807) is 0 Å². The van der Waals surface area contributed by atoms with Crippen LogP contribution in [0.15, 0.2) is 48.7 Å². The van der Waals surface area contributed by atoms with Crippen molar-refractivity contribution in [2.24, 2.45) is 5.73 Å². The van der Waals surface area contributed by atoms with Gasteiger partial charge in [0.1, 0.15) is 5.52 Å². The summed E-state index contributed by atoms with van der Waals surface area (Å²) in [5.41, 5.74) is 15.2. The fourth-order valence-corrected chi connectivity index (χ4v) is 2.79. The smallest absolute Gasteiger partial charge is 0.271 e. The summed E-state index contributed by atoms with van der Waals surface area (Å²) in [5.74, 6) is -0.684. The molecule has 0 unspecified atom stereocenters. The third-order valence-corrected chi connectivity index (χ3v) is 3.93. The Morgan fingerprint density at radius 1 is 1.09 bits per heavy atom. The van der Waals surface area contributed by atoms with Gasteiger partial charge in [0.05, 0.1) is 5.69 Å². The highest BCUT2D eigenvalue weighted by molar-refractivity contribution is 6.07. The molecule has 0 bridgehead atoms. The molecule has 0 atom stereocenters. The van der Waals surface area contributed by atoms with Crippen LogP contribution in [0.1, 0.15) is 10.5 Å². The van der Waals surface area contributed by atoms with Gasteiger partial charge in [-0.15, -0.1) is 10.2 Å². The average molecular weight is 303 g/mol. The first kappa shape index (κ1) is 13.3. The molecule has 0 aliphatic carbocycles. The first-order valence-corrected chi connectivity index (χ1v) is 7.07. The van der Waals surface area contributed by atoms with Gasteiger partial charge in [-0.25, -0.2) is 0 Å². The van der Waals surface area contributed by atoms with Crippen LogP contribution in [0.5, 0.6) is 0 Å². The van der Waals surface area contributed by atoms with Crippen molar-refractivity contribution in [1.29, 1.82) is 0 Å². The van der Waals surface area contributed by atoms with Crippen molar-refractivity contribution in [2.75, 3.05) is 5.73 Å². The van der Waals surface area contributed by atoms with Crippen molar-refractivity contribution in [3.05, 3.63) is 54.4 Å². The topological polar surface area (TPSA) is 111 Å². The number of aromatic amines is 1. The van der Waals surface area contributed by atoms with Gasteiger partial charge in [0.25, 0.3) is 5.91 Å². The van der Waals surface area contributed by atoms with Gasteiger partial charge in [-0.2, -0.15) is 0 Å². The molecular formula is C17H13N5O. The second-order valence-corrected chi connectivity index (χ2v) is 5.31. The van der Waals surface area contributed by atoms with E-state index < -0.39 is 5.91 Å². The monoisotopic (exact) mass is 303 g/mol. The number of fused-ring (bicyclic) bond motifs is 2. The Morgan fingerprint density at radius 2 is 1.96 bits per heavy atom. The van der Waals surface area contributed by atoms with Crippen LogP contribution >= 0.6 is 0 Å². The summed E-state index contributed by atoms with van der Waals surface area (Å²) >= 11 is 0. The minimum Gasteiger partial charge on any atom is -0.396 e. The fraction of sp³-hybridized carbons (Fsp3) is 0. The first-order chi connectivity index (χ1) is 11.1. The molecular weight excluding hydrogens is 290 g/mol. The van der Waals surface area contributed by atoms with Crippen LogP contribution < -0.4 is 11.5 Å². The number of aromatic nitrogens is 3. The van der Waals surface area contributed by atoms with E-state index in [2.05, 4.69) is 21.2 Å².